The normalized spacial score (nSPS) is 23.4. The minimum absolute atomic E-state index is 0.231. The maximum Gasteiger partial charge on any atom is 0.407 e. The molecule has 25 heavy (non-hydrogen) atoms. The Kier molecular flexibility index (Phi) is 7.19. The highest BCUT2D eigenvalue weighted by Crippen LogP contribution is 2.33. The molecule has 1 aromatic rings. The third-order valence-corrected chi connectivity index (χ3v) is 4.80. The fourth-order valence-electron chi connectivity index (χ4n) is 2.56. The zero-order chi connectivity index (χ0) is 18.5. The molecule has 1 N–H and O–H groups in total. The predicted molar refractivity (Wildman–Crippen MR) is 94.3 cm³/mol. The minimum atomic E-state index is -4.37. The van der Waals surface area contributed by atoms with Crippen molar-refractivity contribution in [2.75, 3.05) is 6.61 Å². The van der Waals surface area contributed by atoms with Crippen LogP contribution in [0.1, 0.15) is 39.2 Å². The quantitative estimate of drug-likeness (QED) is 0.727. The number of halogens is 3. The Hall–Kier alpha value is -0.760. The topological polar surface area (TPSA) is 30.5 Å². The Morgan fingerprint density at radius 1 is 1.24 bits per heavy atom. The maximum atomic E-state index is 13.5. The molecule has 0 aliphatic carbocycles. The molecule has 1 aliphatic rings. The van der Waals surface area contributed by atoms with Crippen LogP contribution in [-0.2, 0) is 16.1 Å². The summed E-state index contributed by atoms with van der Waals surface area (Å²) in [7, 11) is 0. The highest BCUT2D eigenvalue weighted by Gasteiger charge is 2.47. The van der Waals surface area contributed by atoms with Gasteiger partial charge < -0.3 is 9.47 Å². The van der Waals surface area contributed by atoms with E-state index in [1.54, 1.807) is 0 Å². The van der Waals surface area contributed by atoms with Crippen molar-refractivity contribution in [2.24, 2.45) is 0 Å². The average Bonchev–Trinajstić information content (AvgIpc) is 2.52. The van der Waals surface area contributed by atoms with Crippen molar-refractivity contribution >= 4 is 11.9 Å². The van der Waals surface area contributed by atoms with E-state index in [4.69, 9.17) is 9.47 Å². The molecule has 3 unspecified atom stereocenters. The molecular weight excluding hydrogens is 351 g/mol. The SMILES string of the molecule is CC(C)(C)SNC(C1CC(OCc2ccccc2)CCO1)C(F)(F)F. The molecule has 142 valence electrons. The molecule has 0 radical (unpaired) electrons. The summed E-state index contributed by atoms with van der Waals surface area (Å²) >= 11 is 1.08. The van der Waals surface area contributed by atoms with Crippen LogP contribution in [0.3, 0.4) is 0 Å². The van der Waals surface area contributed by atoms with E-state index in [0.717, 1.165) is 17.5 Å². The summed E-state index contributed by atoms with van der Waals surface area (Å²) < 4.78 is 53.9. The Balaban J connectivity index is 1.93. The van der Waals surface area contributed by atoms with Gasteiger partial charge in [0.2, 0.25) is 0 Å². The van der Waals surface area contributed by atoms with Gasteiger partial charge in [0, 0.05) is 17.8 Å². The molecule has 1 aliphatic heterocycles. The summed E-state index contributed by atoms with van der Waals surface area (Å²) in [6, 6.07) is 7.92. The van der Waals surface area contributed by atoms with Gasteiger partial charge in [-0.3, -0.25) is 0 Å². The van der Waals surface area contributed by atoms with Gasteiger partial charge in [0.05, 0.1) is 18.8 Å². The summed E-state index contributed by atoms with van der Waals surface area (Å²) in [4.78, 5) is 0. The van der Waals surface area contributed by atoms with Crippen molar-refractivity contribution in [2.45, 2.75) is 69.4 Å². The van der Waals surface area contributed by atoms with E-state index in [2.05, 4.69) is 4.72 Å². The first-order chi connectivity index (χ1) is 11.6. The molecule has 0 saturated carbocycles. The van der Waals surface area contributed by atoms with Crippen LogP contribution in [0.2, 0.25) is 0 Å². The predicted octanol–water partition coefficient (Wildman–Crippen LogP) is 4.72. The molecule has 0 spiro atoms. The van der Waals surface area contributed by atoms with Crippen LogP contribution in [0.15, 0.2) is 30.3 Å². The number of rotatable bonds is 6. The number of ether oxygens (including phenoxy) is 2. The molecule has 1 saturated heterocycles. The van der Waals surface area contributed by atoms with Gasteiger partial charge in [-0.15, -0.1) is 0 Å². The highest BCUT2D eigenvalue weighted by atomic mass is 32.2. The first-order valence-electron chi connectivity index (χ1n) is 8.42. The van der Waals surface area contributed by atoms with Crippen molar-refractivity contribution in [1.82, 2.24) is 4.72 Å². The van der Waals surface area contributed by atoms with Crippen molar-refractivity contribution in [1.29, 1.82) is 0 Å². The molecule has 3 nitrogen and oxygen atoms in total. The van der Waals surface area contributed by atoms with E-state index in [9.17, 15) is 13.2 Å². The van der Waals surface area contributed by atoms with Crippen molar-refractivity contribution < 1.29 is 22.6 Å². The van der Waals surface area contributed by atoms with Crippen LogP contribution in [0.25, 0.3) is 0 Å². The lowest BCUT2D eigenvalue weighted by Crippen LogP contribution is -2.52. The number of hydrogen-bond acceptors (Lipinski definition) is 4. The Morgan fingerprint density at radius 3 is 2.52 bits per heavy atom. The minimum Gasteiger partial charge on any atom is -0.376 e. The molecule has 0 amide bonds. The van der Waals surface area contributed by atoms with Gasteiger partial charge in [0.1, 0.15) is 6.04 Å². The van der Waals surface area contributed by atoms with Gasteiger partial charge in [0.25, 0.3) is 0 Å². The smallest absolute Gasteiger partial charge is 0.376 e. The van der Waals surface area contributed by atoms with E-state index in [1.807, 2.05) is 51.1 Å². The zero-order valence-electron chi connectivity index (χ0n) is 14.8. The third-order valence-electron chi connectivity index (χ3n) is 3.81. The van der Waals surface area contributed by atoms with Crippen LogP contribution < -0.4 is 4.72 Å². The second-order valence-corrected chi connectivity index (χ2v) is 8.87. The molecule has 1 aromatic carbocycles. The Bertz CT molecular complexity index is 519. The lowest BCUT2D eigenvalue weighted by Gasteiger charge is -2.36. The third kappa shape index (κ3) is 7.17. The molecular formula is C18H26F3NO2S. The average molecular weight is 377 g/mol. The van der Waals surface area contributed by atoms with Crippen molar-refractivity contribution in [3.63, 3.8) is 0 Å². The van der Waals surface area contributed by atoms with E-state index in [0.29, 0.717) is 13.0 Å². The van der Waals surface area contributed by atoms with Crippen LogP contribution in [0.4, 0.5) is 13.2 Å². The van der Waals surface area contributed by atoms with E-state index in [-0.39, 0.29) is 23.9 Å². The first kappa shape index (κ1) is 20.6. The van der Waals surface area contributed by atoms with Crippen LogP contribution in [-0.4, -0.2) is 35.8 Å². The van der Waals surface area contributed by atoms with Crippen LogP contribution in [0, 0.1) is 0 Å². The fraction of sp³-hybridized carbons (Fsp3) is 0.667. The molecule has 0 bridgehead atoms. The van der Waals surface area contributed by atoms with Gasteiger partial charge in [-0.1, -0.05) is 42.3 Å². The summed E-state index contributed by atoms with van der Waals surface area (Å²) in [5.74, 6) is 0. The molecule has 0 aromatic heterocycles. The fourth-order valence-corrected chi connectivity index (χ4v) is 3.33. The van der Waals surface area contributed by atoms with Gasteiger partial charge in [-0.05, 0) is 32.8 Å². The van der Waals surface area contributed by atoms with E-state index >= 15 is 0 Å². The zero-order valence-corrected chi connectivity index (χ0v) is 15.6. The van der Waals surface area contributed by atoms with E-state index < -0.39 is 18.3 Å². The second kappa shape index (κ2) is 8.75. The summed E-state index contributed by atoms with van der Waals surface area (Å²) in [6.07, 6.45) is -4.70. The molecule has 3 atom stereocenters. The Labute approximate surface area is 151 Å². The second-order valence-electron chi connectivity index (χ2n) is 7.20. The summed E-state index contributed by atoms with van der Waals surface area (Å²) in [5, 5.41) is 0. The summed E-state index contributed by atoms with van der Waals surface area (Å²) in [5.41, 5.74) is 1.01. The molecule has 1 fully saturated rings. The first-order valence-corrected chi connectivity index (χ1v) is 9.24. The van der Waals surface area contributed by atoms with Gasteiger partial charge >= 0.3 is 6.18 Å². The number of nitrogens with one attached hydrogen (secondary N) is 1. The van der Waals surface area contributed by atoms with Gasteiger partial charge in [-0.2, -0.15) is 13.2 Å². The molecule has 7 heteroatoms. The lowest BCUT2D eigenvalue weighted by atomic mass is 10.00. The number of alkyl halides is 3. The standard InChI is InChI=1S/C18H26F3NO2S/c1-17(2,3)25-22-16(18(19,20)21)15-11-14(9-10-23-15)24-12-13-7-5-4-6-8-13/h4-8,14-16,22H,9-12H2,1-3H3. The highest BCUT2D eigenvalue weighted by molar-refractivity contribution is 7.98. The van der Waals surface area contributed by atoms with Gasteiger partial charge in [-0.25, -0.2) is 4.72 Å². The number of benzene rings is 1. The summed E-state index contributed by atoms with van der Waals surface area (Å²) in [6.45, 7) is 6.28. The van der Waals surface area contributed by atoms with Gasteiger partial charge in [0.15, 0.2) is 0 Å². The van der Waals surface area contributed by atoms with Crippen molar-refractivity contribution in [3.05, 3.63) is 35.9 Å². The monoisotopic (exact) mass is 377 g/mol. The number of hydrogen-bond donors (Lipinski definition) is 1. The molecule has 2 rings (SSSR count). The Morgan fingerprint density at radius 2 is 1.92 bits per heavy atom. The van der Waals surface area contributed by atoms with E-state index in [1.165, 1.54) is 0 Å². The molecule has 1 heterocycles. The van der Waals surface area contributed by atoms with Crippen LogP contribution in [0.5, 0.6) is 0 Å². The largest absolute Gasteiger partial charge is 0.407 e. The maximum absolute atomic E-state index is 13.5. The lowest BCUT2D eigenvalue weighted by molar-refractivity contribution is -0.194. The van der Waals surface area contributed by atoms with Crippen molar-refractivity contribution in [3.8, 4) is 0 Å². The van der Waals surface area contributed by atoms with Crippen LogP contribution >= 0.6 is 11.9 Å².